The van der Waals surface area contributed by atoms with Gasteiger partial charge >= 0.3 is 5.97 Å². The molecule has 0 aromatic heterocycles. The zero-order valence-corrected chi connectivity index (χ0v) is 11.3. The van der Waals surface area contributed by atoms with Crippen LogP contribution in [0.2, 0.25) is 5.02 Å². The van der Waals surface area contributed by atoms with Crippen LogP contribution in [0, 0.1) is 5.82 Å². The number of aliphatic carboxylic acids is 1. The van der Waals surface area contributed by atoms with Crippen LogP contribution in [-0.4, -0.2) is 17.1 Å². The Morgan fingerprint density at radius 3 is 2.58 bits per heavy atom. The lowest BCUT2D eigenvalue weighted by Gasteiger charge is -2.26. The van der Waals surface area contributed by atoms with Gasteiger partial charge in [0.15, 0.2) is 0 Å². The molecule has 0 radical (unpaired) electrons. The molecule has 0 aliphatic heterocycles. The molecule has 1 aromatic rings. The Hall–Kier alpha value is -1.13. The molecule has 5 heteroatoms. The summed E-state index contributed by atoms with van der Waals surface area (Å²) in [5.74, 6) is -1.52. The van der Waals surface area contributed by atoms with Gasteiger partial charge in [-0.3, -0.25) is 10.1 Å². The molecule has 2 rings (SSSR count). The summed E-state index contributed by atoms with van der Waals surface area (Å²) in [6, 6.07) is 3.16. The van der Waals surface area contributed by atoms with E-state index in [4.69, 9.17) is 11.6 Å². The molecule has 0 spiro atoms. The number of hydrogen-bond acceptors (Lipinski definition) is 2. The van der Waals surface area contributed by atoms with E-state index in [9.17, 15) is 14.3 Å². The summed E-state index contributed by atoms with van der Waals surface area (Å²) in [5, 5.41) is 12.6. The van der Waals surface area contributed by atoms with Crippen LogP contribution in [0.5, 0.6) is 0 Å². The highest BCUT2D eigenvalue weighted by Crippen LogP contribution is 2.24. The highest BCUT2D eigenvalue weighted by molar-refractivity contribution is 6.30. The largest absolute Gasteiger partial charge is 0.480 e. The Balaban J connectivity index is 2.16. The summed E-state index contributed by atoms with van der Waals surface area (Å²) in [6.07, 6.45) is 5.34. The first kappa shape index (κ1) is 14.3. The molecular formula is C14H17ClFNO2. The zero-order chi connectivity index (χ0) is 13.8. The minimum absolute atomic E-state index is 0.178. The number of nitrogens with one attached hydrogen (secondary N) is 1. The van der Waals surface area contributed by atoms with Crippen molar-refractivity contribution in [2.75, 3.05) is 0 Å². The van der Waals surface area contributed by atoms with Crippen LogP contribution in [0.15, 0.2) is 18.2 Å². The van der Waals surface area contributed by atoms with Gasteiger partial charge in [0.2, 0.25) is 0 Å². The summed E-state index contributed by atoms with van der Waals surface area (Å²) < 4.78 is 13.3. The summed E-state index contributed by atoms with van der Waals surface area (Å²) in [4.78, 5) is 11.4. The first-order valence-corrected chi connectivity index (χ1v) is 6.89. The van der Waals surface area contributed by atoms with Crippen molar-refractivity contribution < 1.29 is 14.3 Å². The van der Waals surface area contributed by atoms with Crippen molar-refractivity contribution in [1.29, 1.82) is 0 Å². The first-order valence-electron chi connectivity index (χ1n) is 6.51. The highest BCUT2D eigenvalue weighted by atomic mass is 35.5. The monoisotopic (exact) mass is 285 g/mol. The number of carboxylic acids is 1. The lowest BCUT2D eigenvalue weighted by Crippen LogP contribution is -2.38. The molecular weight excluding hydrogens is 269 g/mol. The number of benzene rings is 1. The Morgan fingerprint density at radius 1 is 1.32 bits per heavy atom. The Labute approximate surface area is 116 Å². The lowest BCUT2D eigenvalue weighted by molar-refractivity contribution is -0.140. The molecule has 3 nitrogen and oxygen atoms in total. The molecule has 1 fully saturated rings. The normalized spacial score (nSPS) is 18.2. The van der Waals surface area contributed by atoms with Gasteiger partial charge in [-0.05, 0) is 36.6 Å². The van der Waals surface area contributed by atoms with Gasteiger partial charge in [0, 0.05) is 11.1 Å². The van der Waals surface area contributed by atoms with Crippen molar-refractivity contribution in [3.05, 3.63) is 34.6 Å². The van der Waals surface area contributed by atoms with Crippen LogP contribution < -0.4 is 5.32 Å². The van der Waals surface area contributed by atoms with Crippen molar-refractivity contribution in [3.63, 3.8) is 0 Å². The fourth-order valence-corrected chi connectivity index (χ4v) is 2.79. The van der Waals surface area contributed by atoms with E-state index in [0.717, 1.165) is 25.7 Å². The van der Waals surface area contributed by atoms with Gasteiger partial charge < -0.3 is 5.11 Å². The van der Waals surface area contributed by atoms with Crippen LogP contribution in [-0.2, 0) is 4.79 Å². The maximum Gasteiger partial charge on any atom is 0.325 e. The second kappa shape index (κ2) is 6.35. The molecule has 2 N–H and O–H groups in total. The van der Waals surface area contributed by atoms with Crippen LogP contribution in [0.3, 0.4) is 0 Å². The van der Waals surface area contributed by atoms with E-state index in [0.29, 0.717) is 5.56 Å². The van der Waals surface area contributed by atoms with E-state index in [-0.39, 0.29) is 11.1 Å². The van der Waals surface area contributed by atoms with E-state index in [1.807, 2.05) is 0 Å². The Bertz CT molecular complexity index is 441. The fourth-order valence-electron chi connectivity index (χ4n) is 2.56. The van der Waals surface area contributed by atoms with E-state index >= 15 is 0 Å². The van der Waals surface area contributed by atoms with Gasteiger partial charge in [-0.15, -0.1) is 0 Å². The zero-order valence-electron chi connectivity index (χ0n) is 10.5. The molecule has 1 aromatic carbocycles. The number of halogens is 2. The number of carbonyl (C=O) groups is 1. The molecule has 0 amide bonds. The number of rotatable bonds is 4. The number of hydrogen-bond donors (Lipinski definition) is 2. The molecule has 104 valence electrons. The average Bonchev–Trinajstić information content (AvgIpc) is 2.35. The van der Waals surface area contributed by atoms with Crippen molar-refractivity contribution in [2.24, 2.45) is 0 Å². The van der Waals surface area contributed by atoms with E-state index in [1.54, 1.807) is 0 Å². The molecule has 1 saturated carbocycles. The van der Waals surface area contributed by atoms with Crippen molar-refractivity contribution in [2.45, 2.75) is 44.2 Å². The number of carboxylic acid groups (broad SMARTS) is 1. The summed E-state index contributed by atoms with van der Waals surface area (Å²) in [5.41, 5.74) is 0.364. The van der Waals surface area contributed by atoms with Gasteiger partial charge in [-0.25, -0.2) is 4.39 Å². The van der Waals surface area contributed by atoms with E-state index < -0.39 is 17.8 Å². The Morgan fingerprint density at radius 2 is 2.00 bits per heavy atom. The van der Waals surface area contributed by atoms with Gasteiger partial charge in [-0.2, -0.15) is 0 Å². The second-order valence-corrected chi connectivity index (χ2v) is 5.41. The van der Waals surface area contributed by atoms with Crippen LogP contribution in [0.1, 0.15) is 43.7 Å². The fraction of sp³-hybridized carbons (Fsp3) is 0.500. The SMILES string of the molecule is O=C(O)C(NC1CCCCC1)c1cc(F)cc(Cl)c1. The molecule has 1 aliphatic rings. The second-order valence-electron chi connectivity index (χ2n) is 4.98. The minimum Gasteiger partial charge on any atom is -0.480 e. The summed E-state index contributed by atoms with van der Waals surface area (Å²) >= 11 is 5.78. The van der Waals surface area contributed by atoms with Gasteiger partial charge in [0.1, 0.15) is 11.9 Å². The molecule has 0 saturated heterocycles. The highest BCUT2D eigenvalue weighted by Gasteiger charge is 2.25. The molecule has 0 bridgehead atoms. The predicted octanol–water partition coefficient (Wildman–Crippen LogP) is 3.53. The van der Waals surface area contributed by atoms with E-state index in [2.05, 4.69) is 5.32 Å². The van der Waals surface area contributed by atoms with Gasteiger partial charge in [-0.1, -0.05) is 30.9 Å². The minimum atomic E-state index is -1.01. The molecule has 1 atom stereocenters. The van der Waals surface area contributed by atoms with Crippen molar-refractivity contribution in [1.82, 2.24) is 5.32 Å². The molecule has 1 aliphatic carbocycles. The Kier molecular flexibility index (Phi) is 4.77. The third-order valence-corrected chi connectivity index (χ3v) is 3.69. The molecule has 0 heterocycles. The maximum absolute atomic E-state index is 13.3. The summed E-state index contributed by atoms with van der Waals surface area (Å²) in [7, 11) is 0. The van der Waals surface area contributed by atoms with Crippen LogP contribution in [0.25, 0.3) is 0 Å². The van der Waals surface area contributed by atoms with Crippen molar-refractivity contribution in [3.8, 4) is 0 Å². The van der Waals surface area contributed by atoms with Gasteiger partial charge in [0.05, 0.1) is 0 Å². The topological polar surface area (TPSA) is 49.3 Å². The quantitative estimate of drug-likeness (QED) is 0.890. The predicted molar refractivity (Wildman–Crippen MR) is 71.8 cm³/mol. The summed E-state index contributed by atoms with van der Waals surface area (Å²) in [6.45, 7) is 0. The van der Waals surface area contributed by atoms with Crippen LogP contribution >= 0.6 is 11.6 Å². The average molecular weight is 286 g/mol. The first-order chi connectivity index (χ1) is 9.06. The standard InChI is InChI=1S/C14H17ClFNO2/c15-10-6-9(7-11(16)8-10)13(14(18)19)17-12-4-2-1-3-5-12/h6-8,12-13,17H,1-5H2,(H,18,19). The molecule has 1 unspecified atom stereocenters. The third kappa shape index (κ3) is 3.91. The lowest BCUT2D eigenvalue weighted by atomic mass is 9.94. The van der Waals surface area contributed by atoms with Gasteiger partial charge in [0.25, 0.3) is 0 Å². The third-order valence-electron chi connectivity index (χ3n) is 3.47. The van der Waals surface area contributed by atoms with E-state index in [1.165, 1.54) is 24.6 Å². The van der Waals surface area contributed by atoms with Crippen LogP contribution in [0.4, 0.5) is 4.39 Å². The maximum atomic E-state index is 13.3. The molecule has 19 heavy (non-hydrogen) atoms. The van der Waals surface area contributed by atoms with Crippen molar-refractivity contribution >= 4 is 17.6 Å². The smallest absolute Gasteiger partial charge is 0.325 e.